The van der Waals surface area contributed by atoms with Gasteiger partial charge in [-0.1, -0.05) is 18.2 Å². The van der Waals surface area contributed by atoms with Crippen LogP contribution in [0.5, 0.6) is 0 Å². The fraction of sp³-hybridized carbons (Fsp3) is 0.250. The number of para-hydroxylation sites is 1. The fourth-order valence-corrected chi connectivity index (χ4v) is 2.09. The Morgan fingerprint density at radius 3 is 2.47 bits per heavy atom. The van der Waals surface area contributed by atoms with E-state index < -0.39 is 0 Å². The summed E-state index contributed by atoms with van der Waals surface area (Å²) in [6.07, 6.45) is 0. The second-order valence-corrected chi connectivity index (χ2v) is 4.92. The highest BCUT2D eigenvalue weighted by molar-refractivity contribution is 5.66. The molecule has 0 bridgehead atoms. The normalized spacial score (nSPS) is 10.5. The topological polar surface area (TPSA) is 38.0 Å². The van der Waals surface area contributed by atoms with E-state index in [4.69, 9.17) is 5.73 Å². The van der Waals surface area contributed by atoms with Gasteiger partial charge >= 0.3 is 0 Å². The first-order chi connectivity index (χ1) is 8.99. The van der Waals surface area contributed by atoms with Crippen LogP contribution in [0.2, 0.25) is 0 Å². The van der Waals surface area contributed by atoms with Crippen LogP contribution in [0.25, 0.3) is 0 Å². The van der Waals surface area contributed by atoms with Crippen molar-refractivity contribution in [1.82, 2.24) is 0 Å². The van der Waals surface area contributed by atoms with E-state index in [9.17, 15) is 4.39 Å². The third kappa shape index (κ3) is 2.87. The number of halogens is 1. The largest absolute Gasteiger partial charge is 0.395 e. The van der Waals surface area contributed by atoms with E-state index in [2.05, 4.69) is 38.2 Å². The minimum atomic E-state index is -0.387. The zero-order valence-corrected chi connectivity index (χ0v) is 11.5. The third-order valence-corrected chi connectivity index (χ3v) is 3.47. The van der Waals surface area contributed by atoms with Crippen molar-refractivity contribution in [3.63, 3.8) is 0 Å². The predicted octanol–water partition coefficient (Wildman–Crippen LogP) is 3.95. The SMILES string of the molecule is Cc1cc(C)c(CNc2cccc(F)c2N)cc1C. The third-order valence-electron chi connectivity index (χ3n) is 3.47. The Bertz CT molecular complexity index is 606. The first kappa shape index (κ1) is 13.4. The number of nitrogens with two attached hydrogens (primary N) is 1. The van der Waals surface area contributed by atoms with E-state index in [1.165, 1.54) is 28.3 Å². The number of hydrogen-bond donors (Lipinski definition) is 2. The van der Waals surface area contributed by atoms with Crippen molar-refractivity contribution in [3.8, 4) is 0 Å². The zero-order valence-electron chi connectivity index (χ0n) is 11.5. The van der Waals surface area contributed by atoms with Crippen molar-refractivity contribution >= 4 is 11.4 Å². The molecule has 3 N–H and O–H groups in total. The Kier molecular flexibility index (Phi) is 3.74. The molecule has 2 aromatic rings. The number of hydrogen-bond acceptors (Lipinski definition) is 2. The summed E-state index contributed by atoms with van der Waals surface area (Å²) >= 11 is 0. The number of rotatable bonds is 3. The van der Waals surface area contributed by atoms with Gasteiger partial charge in [0.2, 0.25) is 0 Å². The molecule has 0 unspecified atom stereocenters. The average Bonchev–Trinajstić information content (AvgIpc) is 2.37. The number of nitrogens with one attached hydrogen (secondary N) is 1. The van der Waals surface area contributed by atoms with Gasteiger partial charge in [-0.15, -0.1) is 0 Å². The van der Waals surface area contributed by atoms with Gasteiger partial charge in [0.1, 0.15) is 5.82 Å². The quantitative estimate of drug-likeness (QED) is 0.818. The van der Waals surface area contributed by atoms with Gasteiger partial charge < -0.3 is 11.1 Å². The fourth-order valence-electron chi connectivity index (χ4n) is 2.09. The van der Waals surface area contributed by atoms with Crippen molar-refractivity contribution in [2.75, 3.05) is 11.1 Å². The second kappa shape index (κ2) is 5.31. The van der Waals surface area contributed by atoms with Crippen LogP contribution >= 0.6 is 0 Å². The van der Waals surface area contributed by atoms with Gasteiger partial charge in [-0.05, 0) is 55.2 Å². The summed E-state index contributed by atoms with van der Waals surface area (Å²) in [6, 6.07) is 9.13. The van der Waals surface area contributed by atoms with Gasteiger partial charge in [-0.3, -0.25) is 0 Å². The molecule has 0 aliphatic rings. The monoisotopic (exact) mass is 258 g/mol. The van der Waals surface area contributed by atoms with Crippen LogP contribution in [0.4, 0.5) is 15.8 Å². The van der Waals surface area contributed by atoms with E-state index in [-0.39, 0.29) is 11.5 Å². The maximum absolute atomic E-state index is 13.3. The molecule has 0 saturated carbocycles. The van der Waals surface area contributed by atoms with Crippen LogP contribution < -0.4 is 11.1 Å². The minimum absolute atomic E-state index is 0.170. The summed E-state index contributed by atoms with van der Waals surface area (Å²) in [7, 11) is 0. The summed E-state index contributed by atoms with van der Waals surface area (Å²) < 4.78 is 13.3. The van der Waals surface area contributed by atoms with Crippen LogP contribution in [-0.4, -0.2) is 0 Å². The molecule has 0 heterocycles. The zero-order chi connectivity index (χ0) is 14.0. The molecule has 0 radical (unpaired) electrons. The molecule has 19 heavy (non-hydrogen) atoms. The van der Waals surface area contributed by atoms with E-state index in [0.29, 0.717) is 12.2 Å². The maximum Gasteiger partial charge on any atom is 0.148 e. The molecule has 100 valence electrons. The van der Waals surface area contributed by atoms with Crippen molar-refractivity contribution in [2.45, 2.75) is 27.3 Å². The summed E-state index contributed by atoms with van der Waals surface area (Å²) in [4.78, 5) is 0. The molecule has 0 atom stereocenters. The molecule has 2 nitrogen and oxygen atoms in total. The average molecular weight is 258 g/mol. The Morgan fingerprint density at radius 1 is 1.05 bits per heavy atom. The first-order valence-corrected chi connectivity index (χ1v) is 6.33. The Hall–Kier alpha value is -2.03. The van der Waals surface area contributed by atoms with Crippen molar-refractivity contribution < 1.29 is 4.39 Å². The molecule has 2 rings (SSSR count). The molecule has 0 aliphatic heterocycles. The molecule has 0 aromatic heterocycles. The first-order valence-electron chi connectivity index (χ1n) is 6.33. The van der Waals surface area contributed by atoms with E-state index in [0.717, 1.165) is 0 Å². The van der Waals surface area contributed by atoms with Crippen molar-refractivity contribution in [1.29, 1.82) is 0 Å². The highest BCUT2D eigenvalue weighted by atomic mass is 19.1. The molecule has 2 aromatic carbocycles. The summed E-state index contributed by atoms with van der Waals surface area (Å²) in [5, 5.41) is 3.19. The molecular formula is C16H19FN2. The van der Waals surface area contributed by atoms with E-state index in [1.807, 2.05) is 0 Å². The number of aryl methyl sites for hydroxylation is 3. The molecule has 3 heteroatoms. The van der Waals surface area contributed by atoms with Crippen LogP contribution in [0.1, 0.15) is 22.3 Å². The van der Waals surface area contributed by atoms with Crippen LogP contribution in [-0.2, 0) is 6.54 Å². The van der Waals surface area contributed by atoms with Gasteiger partial charge in [0, 0.05) is 6.54 Å². The van der Waals surface area contributed by atoms with Gasteiger partial charge in [0.25, 0.3) is 0 Å². The van der Waals surface area contributed by atoms with Gasteiger partial charge in [0.05, 0.1) is 11.4 Å². The van der Waals surface area contributed by atoms with Crippen molar-refractivity contribution in [2.24, 2.45) is 0 Å². The van der Waals surface area contributed by atoms with Gasteiger partial charge in [-0.25, -0.2) is 4.39 Å². The highest BCUT2D eigenvalue weighted by Gasteiger charge is 2.06. The summed E-state index contributed by atoms with van der Waals surface area (Å²) in [5.41, 5.74) is 11.5. The number of anilines is 2. The number of nitrogen functional groups attached to an aromatic ring is 1. The molecular weight excluding hydrogens is 239 g/mol. The lowest BCUT2D eigenvalue weighted by Crippen LogP contribution is -2.05. The van der Waals surface area contributed by atoms with Crippen LogP contribution in [0.15, 0.2) is 30.3 Å². The molecule has 0 amide bonds. The van der Waals surface area contributed by atoms with Crippen molar-refractivity contribution in [3.05, 3.63) is 58.4 Å². The molecule has 0 fully saturated rings. The lowest BCUT2D eigenvalue weighted by molar-refractivity contribution is 0.633. The Labute approximate surface area is 113 Å². The maximum atomic E-state index is 13.3. The Morgan fingerprint density at radius 2 is 1.74 bits per heavy atom. The molecule has 0 saturated heterocycles. The van der Waals surface area contributed by atoms with E-state index >= 15 is 0 Å². The van der Waals surface area contributed by atoms with E-state index in [1.54, 1.807) is 12.1 Å². The lowest BCUT2D eigenvalue weighted by atomic mass is 10.0. The number of benzene rings is 2. The molecule has 0 aliphatic carbocycles. The standard InChI is InChI=1S/C16H19FN2/c1-10-7-12(3)13(8-11(10)2)9-19-15-6-4-5-14(17)16(15)18/h4-8,19H,9,18H2,1-3H3. The minimum Gasteiger partial charge on any atom is -0.395 e. The predicted molar refractivity (Wildman–Crippen MR) is 78.8 cm³/mol. The molecule has 0 spiro atoms. The second-order valence-electron chi connectivity index (χ2n) is 4.92. The van der Waals surface area contributed by atoms with Gasteiger partial charge in [-0.2, -0.15) is 0 Å². The van der Waals surface area contributed by atoms with Crippen LogP contribution in [0, 0.1) is 26.6 Å². The smallest absolute Gasteiger partial charge is 0.148 e. The van der Waals surface area contributed by atoms with Crippen LogP contribution in [0.3, 0.4) is 0 Å². The highest BCUT2D eigenvalue weighted by Crippen LogP contribution is 2.23. The summed E-state index contributed by atoms with van der Waals surface area (Å²) in [6.45, 7) is 6.91. The lowest BCUT2D eigenvalue weighted by Gasteiger charge is -2.13. The van der Waals surface area contributed by atoms with Gasteiger partial charge in [0.15, 0.2) is 0 Å². The summed E-state index contributed by atoms with van der Waals surface area (Å²) in [5.74, 6) is -0.387. The Balaban J connectivity index is 2.19.